The lowest BCUT2D eigenvalue weighted by molar-refractivity contribution is -0.126. The highest BCUT2D eigenvalue weighted by Gasteiger charge is 2.35. The van der Waals surface area contributed by atoms with Gasteiger partial charge in [-0.2, -0.15) is 0 Å². The molecule has 0 radical (unpaired) electrons. The third kappa shape index (κ3) is 5.82. The fraction of sp³-hybridized carbons (Fsp3) is 0.500. The van der Waals surface area contributed by atoms with Gasteiger partial charge in [-0.25, -0.2) is 0 Å². The maximum absolute atomic E-state index is 13.5. The van der Waals surface area contributed by atoms with Crippen LogP contribution < -0.4 is 10.2 Å². The molecule has 1 aromatic carbocycles. The van der Waals surface area contributed by atoms with E-state index < -0.39 is 6.04 Å². The van der Waals surface area contributed by atoms with Gasteiger partial charge in [-0.15, -0.1) is 11.6 Å². The first kappa shape index (κ1) is 23.2. The Morgan fingerprint density at radius 1 is 1.13 bits per heavy atom. The Morgan fingerprint density at radius 3 is 2.35 bits per heavy atom. The van der Waals surface area contributed by atoms with Gasteiger partial charge in [0.25, 0.3) is 0 Å². The Balaban J connectivity index is 1.99. The van der Waals surface area contributed by atoms with Crippen LogP contribution in [0.3, 0.4) is 0 Å². The fourth-order valence-corrected chi connectivity index (χ4v) is 4.11. The van der Waals surface area contributed by atoms with E-state index >= 15 is 0 Å². The summed E-state index contributed by atoms with van der Waals surface area (Å²) >= 11 is 5.97. The first-order valence-electron chi connectivity index (χ1n) is 10.9. The molecule has 0 saturated heterocycles. The molecule has 1 aliphatic rings. The number of halogens is 1. The van der Waals surface area contributed by atoms with E-state index in [0.717, 1.165) is 31.2 Å². The number of nitrogens with one attached hydrogen (secondary N) is 1. The number of carbonyl (C=O) groups is 2. The van der Waals surface area contributed by atoms with Crippen molar-refractivity contribution in [1.82, 2.24) is 15.3 Å². The average Bonchev–Trinajstić information content (AvgIpc) is 2.77. The third-order valence-corrected chi connectivity index (χ3v) is 5.94. The SMILES string of the molecule is CC(C)(C)c1ccc(N(C(=O)CCl)C(C(=O)NC2CCCCC2)c2cnccn2)cc1. The Morgan fingerprint density at radius 2 is 1.81 bits per heavy atom. The van der Waals surface area contributed by atoms with E-state index in [4.69, 9.17) is 11.6 Å². The maximum Gasteiger partial charge on any atom is 0.249 e. The van der Waals surface area contributed by atoms with Gasteiger partial charge in [0.1, 0.15) is 5.88 Å². The number of benzene rings is 1. The number of rotatable bonds is 6. The van der Waals surface area contributed by atoms with E-state index in [9.17, 15) is 9.59 Å². The van der Waals surface area contributed by atoms with Crippen molar-refractivity contribution in [3.8, 4) is 0 Å². The summed E-state index contributed by atoms with van der Waals surface area (Å²) in [5, 5.41) is 3.14. The van der Waals surface area contributed by atoms with Crippen molar-refractivity contribution in [2.45, 2.75) is 70.4 Å². The second-order valence-electron chi connectivity index (χ2n) is 9.07. The molecule has 3 rings (SSSR count). The van der Waals surface area contributed by atoms with Crippen LogP contribution in [0.1, 0.15) is 70.2 Å². The molecule has 0 bridgehead atoms. The van der Waals surface area contributed by atoms with E-state index in [-0.39, 0.29) is 29.2 Å². The summed E-state index contributed by atoms with van der Waals surface area (Å²) in [4.78, 5) is 36.4. The van der Waals surface area contributed by atoms with E-state index in [0.29, 0.717) is 11.4 Å². The van der Waals surface area contributed by atoms with E-state index in [1.807, 2.05) is 24.3 Å². The molecule has 1 saturated carbocycles. The fourth-order valence-electron chi connectivity index (χ4n) is 3.99. The molecule has 2 amide bonds. The molecule has 1 aliphatic carbocycles. The Labute approximate surface area is 189 Å². The largest absolute Gasteiger partial charge is 0.351 e. The Hall–Kier alpha value is -2.47. The van der Waals surface area contributed by atoms with Gasteiger partial charge in [-0.1, -0.05) is 52.2 Å². The van der Waals surface area contributed by atoms with Crippen LogP contribution in [0.5, 0.6) is 0 Å². The number of aromatic nitrogens is 2. The quantitative estimate of drug-likeness (QED) is 0.666. The van der Waals surface area contributed by atoms with Crippen molar-refractivity contribution in [2.75, 3.05) is 10.8 Å². The first-order chi connectivity index (χ1) is 14.8. The molecular weight excluding hydrogens is 412 g/mol. The summed E-state index contributed by atoms with van der Waals surface area (Å²) in [5.74, 6) is -0.862. The smallest absolute Gasteiger partial charge is 0.249 e. The van der Waals surface area contributed by atoms with Gasteiger partial charge in [0.15, 0.2) is 6.04 Å². The van der Waals surface area contributed by atoms with E-state index in [1.165, 1.54) is 23.7 Å². The highest BCUT2D eigenvalue weighted by atomic mass is 35.5. The summed E-state index contributed by atoms with van der Waals surface area (Å²) in [6.45, 7) is 6.39. The number of hydrogen-bond acceptors (Lipinski definition) is 4. The zero-order valence-electron chi connectivity index (χ0n) is 18.5. The van der Waals surface area contributed by atoms with Crippen LogP contribution in [0.2, 0.25) is 0 Å². The standard InChI is InChI=1S/C24H31ClN4O2/c1-24(2,3)17-9-11-19(12-10-17)29(21(30)15-25)22(20-16-26-13-14-27-20)23(31)28-18-7-5-4-6-8-18/h9-14,16,18,22H,4-8,15H2,1-3H3,(H,28,31). The molecule has 31 heavy (non-hydrogen) atoms. The molecule has 1 N–H and O–H groups in total. The summed E-state index contributed by atoms with van der Waals surface area (Å²) in [5.41, 5.74) is 2.13. The molecule has 1 aromatic heterocycles. The highest BCUT2D eigenvalue weighted by Crippen LogP contribution is 2.30. The summed E-state index contributed by atoms with van der Waals surface area (Å²) in [7, 11) is 0. The molecule has 0 aliphatic heterocycles. The molecule has 166 valence electrons. The molecular formula is C24H31ClN4O2. The van der Waals surface area contributed by atoms with Gasteiger partial charge in [0, 0.05) is 24.1 Å². The molecule has 7 heteroatoms. The van der Waals surface area contributed by atoms with Crippen LogP contribution in [0.4, 0.5) is 5.69 Å². The molecule has 1 fully saturated rings. The van der Waals surface area contributed by atoms with Crippen LogP contribution in [-0.4, -0.2) is 33.7 Å². The lowest BCUT2D eigenvalue weighted by Gasteiger charge is -2.32. The van der Waals surface area contributed by atoms with Crippen LogP contribution in [0.15, 0.2) is 42.9 Å². The number of anilines is 1. The molecule has 6 nitrogen and oxygen atoms in total. The van der Waals surface area contributed by atoms with Crippen molar-refractivity contribution in [3.63, 3.8) is 0 Å². The van der Waals surface area contributed by atoms with Gasteiger partial charge >= 0.3 is 0 Å². The highest BCUT2D eigenvalue weighted by molar-refractivity contribution is 6.29. The predicted molar refractivity (Wildman–Crippen MR) is 123 cm³/mol. The summed E-state index contributed by atoms with van der Waals surface area (Å²) in [6, 6.07) is 6.86. The van der Waals surface area contributed by atoms with E-state index in [2.05, 4.69) is 36.1 Å². The molecule has 1 atom stereocenters. The Bertz CT molecular complexity index is 875. The van der Waals surface area contributed by atoms with Crippen molar-refractivity contribution in [2.24, 2.45) is 0 Å². The number of amides is 2. The lowest BCUT2D eigenvalue weighted by Crippen LogP contribution is -2.48. The van der Waals surface area contributed by atoms with Gasteiger partial charge in [-0.05, 0) is 36.0 Å². The van der Waals surface area contributed by atoms with Gasteiger partial charge in [-0.3, -0.25) is 24.5 Å². The predicted octanol–water partition coefficient (Wildman–Crippen LogP) is 4.54. The summed E-state index contributed by atoms with van der Waals surface area (Å²) < 4.78 is 0. The average molecular weight is 443 g/mol. The van der Waals surface area contributed by atoms with E-state index in [1.54, 1.807) is 6.20 Å². The van der Waals surface area contributed by atoms with Crippen LogP contribution >= 0.6 is 11.6 Å². The maximum atomic E-state index is 13.5. The number of alkyl halides is 1. The second kappa shape index (κ2) is 10.2. The first-order valence-corrected chi connectivity index (χ1v) is 11.4. The zero-order chi connectivity index (χ0) is 22.4. The summed E-state index contributed by atoms with van der Waals surface area (Å²) in [6.07, 6.45) is 9.89. The van der Waals surface area contributed by atoms with Crippen LogP contribution in [-0.2, 0) is 15.0 Å². The third-order valence-electron chi connectivity index (χ3n) is 5.72. The van der Waals surface area contributed by atoms with Gasteiger partial charge < -0.3 is 5.32 Å². The molecule has 1 heterocycles. The van der Waals surface area contributed by atoms with Crippen LogP contribution in [0, 0.1) is 0 Å². The number of carbonyl (C=O) groups excluding carboxylic acids is 2. The Kier molecular flexibility index (Phi) is 7.65. The zero-order valence-corrected chi connectivity index (χ0v) is 19.2. The topological polar surface area (TPSA) is 75.2 Å². The van der Waals surface area contributed by atoms with Gasteiger partial charge in [0.05, 0.1) is 11.9 Å². The van der Waals surface area contributed by atoms with Crippen molar-refractivity contribution in [1.29, 1.82) is 0 Å². The lowest BCUT2D eigenvalue weighted by atomic mass is 9.87. The van der Waals surface area contributed by atoms with Crippen LogP contribution in [0.25, 0.3) is 0 Å². The number of hydrogen-bond donors (Lipinski definition) is 1. The monoisotopic (exact) mass is 442 g/mol. The molecule has 1 unspecified atom stereocenters. The minimum Gasteiger partial charge on any atom is -0.351 e. The second-order valence-corrected chi connectivity index (χ2v) is 9.34. The van der Waals surface area contributed by atoms with Gasteiger partial charge in [0.2, 0.25) is 11.8 Å². The van der Waals surface area contributed by atoms with Crippen molar-refractivity contribution >= 4 is 29.1 Å². The van der Waals surface area contributed by atoms with Crippen molar-refractivity contribution < 1.29 is 9.59 Å². The van der Waals surface area contributed by atoms with Crippen molar-refractivity contribution in [3.05, 3.63) is 54.1 Å². The minimum absolute atomic E-state index is 0.0253. The molecule has 2 aromatic rings. The minimum atomic E-state index is -0.942. The number of nitrogens with zero attached hydrogens (tertiary/aromatic N) is 3. The normalized spacial score (nSPS) is 15.9. The molecule has 0 spiro atoms.